The van der Waals surface area contributed by atoms with E-state index < -0.39 is 31.4 Å². The van der Waals surface area contributed by atoms with Crippen LogP contribution in [0.5, 0.6) is 0 Å². The van der Waals surface area contributed by atoms with Crippen molar-refractivity contribution in [2.45, 2.75) is 50.2 Å². The molecule has 0 heterocycles. The number of carbonyl (C=O) groups is 2. The normalized spacial score (nSPS) is 19.8. The molecule has 6 heteroatoms. The van der Waals surface area contributed by atoms with Crippen molar-refractivity contribution in [3.8, 4) is 0 Å². The molecule has 0 saturated carbocycles. The molecular weight excluding hydrogens is 368 g/mol. The number of carboxylic acids is 2. The number of hydrogen-bond acceptors (Lipinski definition) is 2. The number of alkyl halides is 2. The summed E-state index contributed by atoms with van der Waals surface area (Å²) in [6.45, 7) is 10.2. The highest BCUT2D eigenvalue weighted by molar-refractivity contribution is 9.13. The standard InChI is InChI=1S/C12H20Br2O4/c1-9(2,3)11(13,7(15)16)12(14,8(17)18)10(4,5)6/h1-6H3,(H,15,16)(H,17,18). The fraction of sp³-hybridized carbons (Fsp3) is 0.833. The lowest BCUT2D eigenvalue weighted by atomic mass is 9.63. The van der Waals surface area contributed by atoms with Crippen molar-refractivity contribution in [1.82, 2.24) is 0 Å². The third-order valence-corrected chi connectivity index (χ3v) is 7.91. The van der Waals surface area contributed by atoms with Crippen LogP contribution in [0.2, 0.25) is 0 Å². The van der Waals surface area contributed by atoms with Crippen molar-refractivity contribution < 1.29 is 19.8 Å². The second kappa shape index (κ2) is 4.78. The largest absolute Gasteiger partial charge is 0.480 e. The van der Waals surface area contributed by atoms with Crippen molar-refractivity contribution in [2.75, 3.05) is 0 Å². The molecule has 0 fully saturated rings. The zero-order valence-corrected chi connectivity index (χ0v) is 14.6. The van der Waals surface area contributed by atoms with Gasteiger partial charge in [0.05, 0.1) is 0 Å². The van der Waals surface area contributed by atoms with Crippen molar-refractivity contribution >= 4 is 43.8 Å². The molecule has 0 bridgehead atoms. The summed E-state index contributed by atoms with van der Waals surface area (Å²) in [6.07, 6.45) is 0. The predicted octanol–water partition coefficient (Wildman–Crippen LogP) is 3.52. The van der Waals surface area contributed by atoms with E-state index in [9.17, 15) is 19.8 Å². The van der Waals surface area contributed by atoms with E-state index in [-0.39, 0.29) is 0 Å². The van der Waals surface area contributed by atoms with Gasteiger partial charge in [-0.15, -0.1) is 0 Å². The van der Waals surface area contributed by atoms with Crippen LogP contribution in [0.25, 0.3) is 0 Å². The minimum absolute atomic E-state index is 0.812. The number of rotatable bonds is 3. The average Bonchev–Trinajstić information content (AvgIpc) is 2.10. The van der Waals surface area contributed by atoms with E-state index in [4.69, 9.17) is 0 Å². The van der Waals surface area contributed by atoms with Crippen LogP contribution in [0, 0.1) is 10.8 Å². The topological polar surface area (TPSA) is 74.6 Å². The van der Waals surface area contributed by atoms with E-state index in [0.29, 0.717) is 0 Å². The fourth-order valence-corrected chi connectivity index (χ4v) is 3.50. The van der Waals surface area contributed by atoms with E-state index in [1.165, 1.54) is 0 Å². The van der Waals surface area contributed by atoms with Crippen LogP contribution < -0.4 is 0 Å². The predicted molar refractivity (Wildman–Crippen MR) is 77.5 cm³/mol. The molecule has 4 nitrogen and oxygen atoms in total. The summed E-state index contributed by atoms with van der Waals surface area (Å²) in [5, 5.41) is 19.2. The second-order valence-electron chi connectivity index (χ2n) is 6.43. The van der Waals surface area contributed by atoms with Crippen LogP contribution in [0.4, 0.5) is 0 Å². The Labute approximate surface area is 124 Å². The molecule has 0 aromatic rings. The number of halogens is 2. The molecule has 0 radical (unpaired) electrons. The van der Waals surface area contributed by atoms with Gasteiger partial charge in [0.2, 0.25) is 0 Å². The molecule has 0 rings (SSSR count). The molecule has 106 valence electrons. The Morgan fingerprint density at radius 2 is 0.889 bits per heavy atom. The minimum Gasteiger partial charge on any atom is -0.480 e. The Balaban J connectivity index is 6.37. The first-order valence-corrected chi connectivity index (χ1v) is 7.07. The first-order valence-electron chi connectivity index (χ1n) is 5.48. The quantitative estimate of drug-likeness (QED) is 0.726. The number of hydrogen-bond donors (Lipinski definition) is 2. The maximum atomic E-state index is 11.7. The molecule has 0 aromatic carbocycles. The highest BCUT2D eigenvalue weighted by Gasteiger charge is 2.69. The SMILES string of the molecule is CC(C)(C)C(Br)(C(=O)O)C(Br)(C(=O)O)C(C)(C)C. The van der Waals surface area contributed by atoms with Gasteiger partial charge in [0.25, 0.3) is 0 Å². The van der Waals surface area contributed by atoms with Gasteiger partial charge in [0.15, 0.2) is 8.65 Å². The highest BCUT2D eigenvalue weighted by atomic mass is 79.9. The minimum atomic E-state index is -1.66. The first-order chi connectivity index (χ1) is 7.64. The molecule has 0 aliphatic carbocycles. The van der Waals surface area contributed by atoms with E-state index in [1.807, 2.05) is 0 Å². The van der Waals surface area contributed by atoms with Crippen LogP contribution in [0.1, 0.15) is 41.5 Å². The molecule has 0 aromatic heterocycles. The molecule has 0 saturated heterocycles. The maximum Gasteiger partial charge on any atom is 0.323 e. The van der Waals surface area contributed by atoms with Gasteiger partial charge in [-0.05, 0) is 10.8 Å². The van der Waals surface area contributed by atoms with Gasteiger partial charge >= 0.3 is 11.9 Å². The van der Waals surface area contributed by atoms with Crippen LogP contribution in [0.3, 0.4) is 0 Å². The number of aliphatic carboxylic acids is 2. The lowest BCUT2D eigenvalue weighted by Gasteiger charge is -2.51. The summed E-state index contributed by atoms with van der Waals surface area (Å²) in [5.41, 5.74) is -1.62. The molecule has 2 unspecified atom stereocenters. The first kappa shape index (κ1) is 17.9. The monoisotopic (exact) mass is 386 g/mol. The van der Waals surface area contributed by atoms with Crippen molar-refractivity contribution in [3.05, 3.63) is 0 Å². The van der Waals surface area contributed by atoms with Crippen molar-refractivity contribution in [1.29, 1.82) is 0 Å². The zero-order chi connectivity index (χ0) is 15.2. The zero-order valence-electron chi connectivity index (χ0n) is 11.5. The lowest BCUT2D eigenvalue weighted by Crippen LogP contribution is -2.67. The summed E-state index contributed by atoms with van der Waals surface area (Å²) in [7, 11) is 0. The van der Waals surface area contributed by atoms with E-state index in [0.717, 1.165) is 0 Å². The van der Waals surface area contributed by atoms with E-state index in [2.05, 4.69) is 31.9 Å². The third-order valence-electron chi connectivity index (χ3n) is 3.13. The summed E-state index contributed by atoms with van der Waals surface area (Å²) in [4.78, 5) is 23.5. The van der Waals surface area contributed by atoms with Gasteiger partial charge in [-0.2, -0.15) is 0 Å². The molecule has 18 heavy (non-hydrogen) atoms. The van der Waals surface area contributed by atoms with E-state index in [1.54, 1.807) is 41.5 Å². The van der Waals surface area contributed by atoms with E-state index >= 15 is 0 Å². The summed E-state index contributed by atoms with van der Waals surface area (Å²) in [5.74, 6) is -2.41. The smallest absolute Gasteiger partial charge is 0.323 e. The molecule has 0 amide bonds. The Hall–Kier alpha value is -0.100. The lowest BCUT2D eigenvalue weighted by molar-refractivity contribution is -0.155. The van der Waals surface area contributed by atoms with Gasteiger partial charge in [0, 0.05) is 0 Å². The van der Waals surface area contributed by atoms with Crippen LogP contribution in [0.15, 0.2) is 0 Å². The molecule has 2 atom stereocenters. The molecule has 0 spiro atoms. The Morgan fingerprint density at radius 3 is 0.944 bits per heavy atom. The summed E-state index contributed by atoms with van der Waals surface area (Å²) >= 11 is 6.40. The van der Waals surface area contributed by atoms with Gasteiger partial charge in [-0.3, -0.25) is 9.59 Å². The Kier molecular flexibility index (Phi) is 4.75. The number of carboxylic acid groups (broad SMARTS) is 2. The van der Waals surface area contributed by atoms with Crippen LogP contribution >= 0.6 is 31.9 Å². The Morgan fingerprint density at radius 1 is 0.722 bits per heavy atom. The van der Waals surface area contributed by atoms with Gasteiger partial charge in [-0.25, -0.2) is 0 Å². The fourth-order valence-electron chi connectivity index (χ4n) is 1.97. The third kappa shape index (κ3) is 2.33. The summed E-state index contributed by atoms with van der Waals surface area (Å²) in [6, 6.07) is 0. The van der Waals surface area contributed by atoms with Crippen molar-refractivity contribution in [2.24, 2.45) is 10.8 Å². The Bertz CT molecular complexity index is 331. The van der Waals surface area contributed by atoms with Crippen LogP contribution in [-0.4, -0.2) is 30.8 Å². The molecule has 0 aliphatic rings. The van der Waals surface area contributed by atoms with Gasteiger partial charge < -0.3 is 10.2 Å². The maximum absolute atomic E-state index is 11.7. The summed E-state index contributed by atoms with van der Waals surface area (Å²) < 4.78 is -3.31. The highest BCUT2D eigenvalue weighted by Crippen LogP contribution is 2.57. The van der Waals surface area contributed by atoms with Gasteiger partial charge in [0.1, 0.15) is 0 Å². The van der Waals surface area contributed by atoms with Crippen LogP contribution in [-0.2, 0) is 9.59 Å². The van der Waals surface area contributed by atoms with Crippen molar-refractivity contribution in [3.63, 3.8) is 0 Å². The molecular formula is C12H20Br2O4. The second-order valence-corrected chi connectivity index (χ2v) is 8.81. The molecule has 2 N–H and O–H groups in total. The molecule has 0 aliphatic heterocycles. The average molecular weight is 388 g/mol. The van der Waals surface area contributed by atoms with Gasteiger partial charge in [-0.1, -0.05) is 73.4 Å².